The van der Waals surface area contributed by atoms with E-state index < -0.39 is 5.97 Å². The van der Waals surface area contributed by atoms with E-state index in [1.54, 1.807) is 0 Å². The summed E-state index contributed by atoms with van der Waals surface area (Å²) in [4.78, 5) is 37.3. The van der Waals surface area contributed by atoms with Gasteiger partial charge in [0.05, 0.1) is 0 Å². The first-order chi connectivity index (χ1) is 21.0. The van der Waals surface area contributed by atoms with Crippen molar-refractivity contribution in [2.75, 3.05) is 13.1 Å². The Kier molecular flexibility index (Phi) is 31.5. The molecular weight excluding hydrogens is 536 g/mol. The van der Waals surface area contributed by atoms with Gasteiger partial charge in [0, 0.05) is 32.4 Å². The third kappa shape index (κ3) is 29.9. The third-order valence-corrected chi connectivity index (χ3v) is 8.05. The molecule has 6 nitrogen and oxygen atoms in total. The fourth-order valence-electron chi connectivity index (χ4n) is 5.33. The van der Waals surface area contributed by atoms with Crippen molar-refractivity contribution in [2.24, 2.45) is 5.73 Å². The summed E-state index contributed by atoms with van der Waals surface area (Å²) in [5.74, 6) is -0.818. The second kappa shape index (κ2) is 33.0. The largest absolute Gasteiger partial charge is 0.481 e. The van der Waals surface area contributed by atoms with Gasteiger partial charge in [0.2, 0.25) is 11.8 Å². The molecule has 0 aromatic heterocycles. The Morgan fingerprint density at radius 1 is 0.512 bits per heavy atom. The summed E-state index contributed by atoms with van der Waals surface area (Å²) in [5, 5.41) is 8.64. The maximum atomic E-state index is 12.7. The highest BCUT2D eigenvalue weighted by molar-refractivity contribution is 5.95. The summed E-state index contributed by atoms with van der Waals surface area (Å²) in [7, 11) is 0. The zero-order valence-electron chi connectivity index (χ0n) is 28.0. The molecule has 6 heteroatoms. The lowest BCUT2D eigenvalue weighted by Crippen LogP contribution is -2.40. The number of carbonyl (C=O) groups is 3. The molecule has 3 N–H and O–H groups in total. The SMILES string of the molecule is CCCCCCCC/C=C\CCCCCCCC(=O)N(CCN)C(=O)CCCCCC/C=C/CCCCCCCC(=O)O. The molecule has 0 fully saturated rings. The van der Waals surface area contributed by atoms with Crippen molar-refractivity contribution in [2.45, 2.75) is 180 Å². The summed E-state index contributed by atoms with van der Waals surface area (Å²) in [6, 6.07) is 0. The van der Waals surface area contributed by atoms with E-state index in [0.717, 1.165) is 83.5 Å². The van der Waals surface area contributed by atoms with Crippen LogP contribution in [0.4, 0.5) is 0 Å². The highest BCUT2D eigenvalue weighted by atomic mass is 16.4. The van der Waals surface area contributed by atoms with Crippen LogP contribution >= 0.6 is 0 Å². The normalized spacial score (nSPS) is 11.6. The van der Waals surface area contributed by atoms with Crippen LogP contribution in [0.1, 0.15) is 180 Å². The molecule has 0 saturated heterocycles. The van der Waals surface area contributed by atoms with Crippen molar-refractivity contribution in [1.29, 1.82) is 0 Å². The molecule has 0 saturated carbocycles. The fourth-order valence-corrected chi connectivity index (χ4v) is 5.33. The Morgan fingerprint density at radius 3 is 1.19 bits per heavy atom. The van der Waals surface area contributed by atoms with Crippen LogP contribution in [0.5, 0.6) is 0 Å². The van der Waals surface area contributed by atoms with Gasteiger partial charge in [-0.15, -0.1) is 0 Å². The van der Waals surface area contributed by atoms with Gasteiger partial charge in [0.15, 0.2) is 0 Å². The molecule has 0 bridgehead atoms. The smallest absolute Gasteiger partial charge is 0.303 e. The molecule has 0 atom stereocenters. The number of allylic oxidation sites excluding steroid dienone is 4. The number of aliphatic carboxylic acids is 1. The Bertz CT molecular complexity index is 719. The number of nitrogens with two attached hydrogens (primary N) is 1. The first-order valence-corrected chi connectivity index (χ1v) is 18.1. The van der Waals surface area contributed by atoms with Crippen molar-refractivity contribution < 1.29 is 19.5 Å². The number of carboxylic acid groups (broad SMARTS) is 1. The second-order valence-electron chi connectivity index (χ2n) is 12.2. The van der Waals surface area contributed by atoms with Gasteiger partial charge < -0.3 is 10.8 Å². The molecule has 0 aromatic carbocycles. The average Bonchev–Trinajstić information content (AvgIpc) is 2.99. The molecule has 0 radical (unpaired) electrons. The van der Waals surface area contributed by atoms with Crippen LogP contribution in [-0.2, 0) is 14.4 Å². The van der Waals surface area contributed by atoms with Crippen molar-refractivity contribution in [3.63, 3.8) is 0 Å². The van der Waals surface area contributed by atoms with Gasteiger partial charge in [-0.2, -0.15) is 0 Å². The van der Waals surface area contributed by atoms with Crippen LogP contribution in [0.2, 0.25) is 0 Å². The molecule has 0 aliphatic carbocycles. The fraction of sp³-hybridized carbons (Fsp3) is 0.811. The standard InChI is InChI=1S/C37H68N2O4/c1-2-3-4-5-6-7-8-9-10-12-15-18-21-24-27-30-35(40)39(34-33-38)36(41)31-28-25-22-19-16-13-11-14-17-20-23-26-29-32-37(42)43/h9-11,13H,2-8,12,14-34,38H2,1H3,(H,42,43)/b10-9-,13-11+. The molecule has 2 amide bonds. The predicted octanol–water partition coefficient (Wildman–Crippen LogP) is 10.0. The first-order valence-electron chi connectivity index (χ1n) is 18.1. The number of carbonyl (C=O) groups excluding carboxylic acids is 2. The minimum atomic E-state index is -0.697. The van der Waals surface area contributed by atoms with E-state index in [2.05, 4.69) is 31.2 Å². The second-order valence-corrected chi connectivity index (χ2v) is 12.2. The number of imide groups is 1. The molecule has 0 aliphatic rings. The molecule has 0 rings (SSSR count). The Balaban J connectivity index is 3.75. The number of nitrogens with zero attached hydrogens (tertiary/aromatic N) is 1. The van der Waals surface area contributed by atoms with E-state index >= 15 is 0 Å². The van der Waals surface area contributed by atoms with E-state index in [1.807, 2.05) is 0 Å². The highest BCUT2D eigenvalue weighted by Crippen LogP contribution is 2.13. The summed E-state index contributed by atoms with van der Waals surface area (Å²) >= 11 is 0. The van der Waals surface area contributed by atoms with E-state index in [1.165, 1.54) is 75.5 Å². The van der Waals surface area contributed by atoms with Crippen LogP contribution in [-0.4, -0.2) is 40.9 Å². The van der Waals surface area contributed by atoms with Crippen LogP contribution in [0.3, 0.4) is 0 Å². The van der Waals surface area contributed by atoms with Crippen molar-refractivity contribution in [3.05, 3.63) is 24.3 Å². The van der Waals surface area contributed by atoms with Crippen molar-refractivity contribution >= 4 is 17.8 Å². The van der Waals surface area contributed by atoms with Gasteiger partial charge >= 0.3 is 5.97 Å². The summed E-state index contributed by atoms with van der Waals surface area (Å²) in [5.41, 5.74) is 5.70. The lowest BCUT2D eigenvalue weighted by Gasteiger charge is -2.20. The number of hydrogen-bond donors (Lipinski definition) is 2. The number of rotatable bonds is 32. The lowest BCUT2D eigenvalue weighted by molar-refractivity contribution is -0.145. The van der Waals surface area contributed by atoms with Gasteiger partial charge in [-0.25, -0.2) is 0 Å². The third-order valence-electron chi connectivity index (χ3n) is 8.05. The quantitative estimate of drug-likeness (QED) is 0.0588. The predicted molar refractivity (Wildman–Crippen MR) is 182 cm³/mol. The maximum absolute atomic E-state index is 12.7. The van der Waals surface area contributed by atoms with Crippen LogP contribution in [0.15, 0.2) is 24.3 Å². The molecule has 0 aromatic rings. The lowest BCUT2D eigenvalue weighted by atomic mass is 10.1. The molecule has 250 valence electrons. The van der Waals surface area contributed by atoms with Gasteiger partial charge in [0.25, 0.3) is 0 Å². The topological polar surface area (TPSA) is 101 Å². The minimum absolute atomic E-state index is 0.0570. The van der Waals surface area contributed by atoms with Gasteiger partial charge in [-0.3, -0.25) is 19.3 Å². The zero-order valence-corrected chi connectivity index (χ0v) is 28.0. The Morgan fingerprint density at radius 2 is 0.837 bits per heavy atom. The van der Waals surface area contributed by atoms with E-state index in [0.29, 0.717) is 25.9 Å². The Labute approximate surface area is 265 Å². The van der Waals surface area contributed by atoms with E-state index in [-0.39, 0.29) is 18.2 Å². The van der Waals surface area contributed by atoms with E-state index in [4.69, 9.17) is 10.8 Å². The minimum Gasteiger partial charge on any atom is -0.481 e. The van der Waals surface area contributed by atoms with Gasteiger partial charge in [0.1, 0.15) is 0 Å². The number of hydrogen-bond acceptors (Lipinski definition) is 4. The average molecular weight is 605 g/mol. The zero-order chi connectivity index (χ0) is 31.6. The summed E-state index contributed by atoms with van der Waals surface area (Å²) in [6.45, 7) is 2.91. The molecule has 0 heterocycles. The molecule has 43 heavy (non-hydrogen) atoms. The highest BCUT2D eigenvalue weighted by Gasteiger charge is 2.19. The molecular formula is C37H68N2O4. The molecule has 0 aliphatic heterocycles. The summed E-state index contributed by atoms with van der Waals surface area (Å²) in [6.07, 6.45) is 37.8. The molecule has 0 unspecified atom stereocenters. The first kappa shape index (κ1) is 41.0. The van der Waals surface area contributed by atoms with Crippen molar-refractivity contribution in [3.8, 4) is 0 Å². The Hall–Kier alpha value is -1.95. The van der Waals surface area contributed by atoms with Crippen LogP contribution in [0, 0.1) is 0 Å². The van der Waals surface area contributed by atoms with Gasteiger partial charge in [-0.05, 0) is 70.6 Å². The van der Waals surface area contributed by atoms with Crippen molar-refractivity contribution in [1.82, 2.24) is 4.90 Å². The van der Waals surface area contributed by atoms with E-state index in [9.17, 15) is 14.4 Å². The van der Waals surface area contributed by atoms with Crippen LogP contribution in [0.25, 0.3) is 0 Å². The van der Waals surface area contributed by atoms with Crippen LogP contribution < -0.4 is 5.73 Å². The van der Waals surface area contributed by atoms with Gasteiger partial charge in [-0.1, -0.05) is 115 Å². The number of amides is 2. The number of carboxylic acids is 1. The maximum Gasteiger partial charge on any atom is 0.303 e. The number of unbranched alkanes of at least 4 members (excludes halogenated alkanes) is 20. The molecule has 0 spiro atoms. The summed E-state index contributed by atoms with van der Waals surface area (Å²) < 4.78 is 0. The monoisotopic (exact) mass is 605 g/mol.